The minimum atomic E-state index is -0.969. The van der Waals surface area contributed by atoms with E-state index in [1.807, 2.05) is 0 Å². The number of aliphatic carboxylic acids is 1. The second-order valence-electron chi connectivity index (χ2n) is 5.59. The van der Waals surface area contributed by atoms with Gasteiger partial charge in [0.15, 0.2) is 0 Å². The third-order valence-electron chi connectivity index (χ3n) is 3.87. The van der Waals surface area contributed by atoms with Crippen LogP contribution in [0.2, 0.25) is 0 Å². The molecule has 0 aromatic heterocycles. The van der Waals surface area contributed by atoms with Crippen molar-refractivity contribution in [2.75, 3.05) is 4.90 Å². The van der Waals surface area contributed by atoms with Crippen molar-refractivity contribution in [3.05, 3.63) is 65.2 Å². The maximum atomic E-state index is 13.0. The number of hydrogen-bond acceptors (Lipinski definition) is 3. The van der Waals surface area contributed by atoms with Crippen molar-refractivity contribution in [3.8, 4) is 11.8 Å². The highest BCUT2D eigenvalue weighted by Gasteiger charge is 2.28. The summed E-state index contributed by atoms with van der Waals surface area (Å²) in [6, 6.07) is 13.8. The molecule has 2 aromatic carbocycles. The monoisotopic (exact) mass is 333 g/mol. The first kappa shape index (κ1) is 16.5. The topological polar surface area (TPSA) is 74.7 Å². The van der Waals surface area contributed by atoms with E-state index in [-0.39, 0.29) is 19.3 Å². The summed E-state index contributed by atoms with van der Waals surface area (Å²) in [5.74, 6) is 4.14. The number of para-hydroxylation sites is 1. The Morgan fingerprint density at radius 1 is 0.920 bits per heavy atom. The Morgan fingerprint density at radius 2 is 1.56 bits per heavy atom. The summed E-state index contributed by atoms with van der Waals surface area (Å²) in [6.45, 7) is 0. The first-order chi connectivity index (χ1) is 12.1. The van der Waals surface area contributed by atoms with Gasteiger partial charge >= 0.3 is 5.97 Å². The molecule has 0 atom stereocenters. The summed E-state index contributed by atoms with van der Waals surface area (Å²) in [7, 11) is 0. The van der Waals surface area contributed by atoms with Gasteiger partial charge in [-0.3, -0.25) is 14.4 Å². The Morgan fingerprint density at radius 3 is 2.32 bits per heavy atom. The SMILES string of the molecule is O=C(O)CCCC(=O)N1C(=O)c2ccccc2C#Cc2ccccc21. The predicted octanol–water partition coefficient (Wildman–Crippen LogP) is 2.83. The number of anilines is 1. The Bertz CT molecular complexity index is 921. The molecule has 1 N–H and O–H groups in total. The zero-order chi connectivity index (χ0) is 17.8. The Hall–Kier alpha value is -3.39. The van der Waals surface area contributed by atoms with Crippen LogP contribution < -0.4 is 4.90 Å². The van der Waals surface area contributed by atoms with Crippen LogP contribution in [0, 0.1) is 11.8 Å². The lowest BCUT2D eigenvalue weighted by molar-refractivity contribution is -0.137. The van der Waals surface area contributed by atoms with Crippen molar-refractivity contribution < 1.29 is 19.5 Å². The normalized spacial score (nSPS) is 12.2. The molecule has 2 amide bonds. The second kappa shape index (κ2) is 7.02. The summed E-state index contributed by atoms with van der Waals surface area (Å²) in [5.41, 5.74) is 1.92. The molecule has 0 aliphatic carbocycles. The molecule has 0 bridgehead atoms. The van der Waals surface area contributed by atoms with Gasteiger partial charge < -0.3 is 5.11 Å². The number of imide groups is 1. The highest BCUT2D eigenvalue weighted by Crippen LogP contribution is 2.26. The van der Waals surface area contributed by atoms with Gasteiger partial charge in [0.2, 0.25) is 5.91 Å². The molecule has 0 radical (unpaired) electrons. The van der Waals surface area contributed by atoms with Crippen molar-refractivity contribution in [1.82, 2.24) is 0 Å². The van der Waals surface area contributed by atoms with Crippen molar-refractivity contribution in [1.29, 1.82) is 0 Å². The standard InChI is InChI=1S/C20H15NO4/c22-18(10-5-11-19(23)24)21-17-9-4-2-7-15(17)13-12-14-6-1-3-8-16(14)20(21)25/h1-4,6-9H,5,10-11H2,(H,23,24). The molecule has 124 valence electrons. The summed E-state index contributed by atoms with van der Waals surface area (Å²) in [6.07, 6.45) is 0.0290. The van der Waals surface area contributed by atoms with E-state index in [9.17, 15) is 14.4 Å². The van der Waals surface area contributed by atoms with Crippen molar-refractivity contribution in [2.24, 2.45) is 0 Å². The summed E-state index contributed by atoms with van der Waals surface area (Å²) < 4.78 is 0. The molecule has 5 heteroatoms. The zero-order valence-electron chi connectivity index (χ0n) is 13.4. The smallest absolute Gasteiger partial charge is 0.303 e. The summed E-state index contributed by atoms with van der Waals surface area (Å²) in [4.78, 5) is 37.5. The van der Waals surface area contributed by atoms with Crippen LogP contribution in [-0.2, 0) is 9.59 Å². The van der Waals surface area contributed by atoms with Crippen LogP contribution in [0.1, 0.15) is 40.7 Å². The molecule has 0 spiro atoms. The molecule has 2 aromatic rings. The quantitative estimate of drug-likeness (QED) is 0.873. The Kier molecular flexibility index (Phi) is 4.62. The second-order valence-corrected chi connectivity index (χ2v) is 5.59. The number of fused-ring (bicyclic) bond motifs is 2. The highest BCUT2D eigenvalue weighted by atomic mass is 16.4. The lowest BCUT2D eigenvalue weighted by Gasteiger charge is -2.24. The fourth-order valence-corrected chi connectivity index (χ4v) is 2.67. The number of benzene rings is 2. The van der Waals surface area contributed by atoms with Crippen LogP contribution in [-0.4, -0.2) is 22.9 Å². The Labute approximate surface area is 144 Å². The van der Waals surface area contributed by atoms with Gasteiger partial charge in [0.05, 0.1) is 11.3 Å². The number of carbonyl (C=O) groups excluding carboxylic acids is 2. The van der Waals surface area contributed by atoms with Gasteiger partial charge in [0, 0.05) is 24.0 Å². The van der Waals surface area contributed by atoms with Crippen molar-refractivity contribution in [2.45, 2.75) is 19.3 Å². The molecule has 0 fully saturated rings. The summed E-state index contributed by atoms with van der Waals surface area (Å²) >= 11 is 0. The molecule has 25 heavy (non-hydrogen) atoms. The average Bonchev–Trinajstić information content (AvgIpc) is 2.59. The van der Waals surface area contributed by atoms with Crippen LogP contribution in [0.25, 0.3) is 0 Å². The molecule has 0 unspecified atom stereocenters. The van der Waals surface area contributed by atoms with E-state index in [4.69, 9.17) is 5.11 Å². The molecule has 1 aliphatic rings. The first-order valence-electron chi connectivity index (χ1n) is 7.87. The third-order valence-corrected chi connectivity index (χ3v) is 3.87. The van der Waals surface area contributed by atoms with Gasteiger partial charge in [-0.2, -0.15) is 0 Å². The molecular formula is C20H15NO4. The van der Waals surface area contributed by atoms with E-state index in [0.717, 1.165) is 4.90 Å². The molecule has 5 nitrogen and oxygen atoms in total. The van der Waals surface area contributed by atoms with Crippen molar-refractivity contribution >= 4 is 23.5 Å². The van der Waals surface area contributed by atoms with Crippen LogP contribution in [0.4, 0.5) is 5.69 Å². The van der Waals surface area contributed by atoms with Gasteiger partial charge in [0.1, 0.15) is 0 Å². The fourth-order valence-electron chi connectivity index (χ4n) is 2.67. The molecule has 3 rings (SSSR count). The minimum Gasteiger partial charge on any atom is -0.481 e. The zero-order valence-corrected chi connectivity index (χ0v) is 13.4. The van der Waals surface area contributed by atoms with Gasteiger partial charge in [-0.25, -0.2) is 4.90 Å². The molecule has 1 aliphatic heterocycles. The number of rotatable bonds is 4. The number of amides is 2. The summed E-state index contributed by atoms with van der Waals surface area (Å²) in [5, 5.41) is 8.75. The lowest BCUT2D eigenvalue weighted by atomic mass is 10.0. The minimum absolute atomic E-state index is 0.0258. The van der Waals surface area contributed by atoms with Crippen LogP contribution >= 0.6 is 0 Å². The number of nitrogens with zero attached hydrogens (tertiary/aromatic N) is 1. The Balaban J connectivity index is 2.04. The van der Waals surface area contributed by atoms with Gasteiger partial charge in [-0.05, 0) is 30.7 Å². The molecular weight excluding hydrogens is 318 g/mol. The van der Waals surface area contributed by atoms with Crippen LogP contribution in [0.3, 0.4) is 0 Å². The molecule has 1 heterocycles. The third kappa shape index (κ3) is 3.43. The number of hydrogen-bond donors (Lipinski definition) is 1. The van der Waals surface area contributed by atoms with E-state index in [1.165, 1.54) is 0 Å². The fraction of sp³-hybridized carbons (Fsp3) is 0.150. The number of carboxylic acids is 1. The van der Waals surface area contributed by atoms with E-state index < -0.39 is 17.8 Å². The van der Waals surface area contributed by atoms with Gasteiger partial charge in [0.25, 0.3) is 5.91 Å². The van der Waals surface area contributed by atoms with E-state index in [0.29, 0.717) is 22.4 Å². The number of carboxylic acid groups (broad SMARTS) is 1. The first-order valence-corrected chi connectivity index (χ1v) is 7.87. The van der Waals surface area contributed by atoms with Gasteiger partial charge in [-0.15, -0.1) is 0 Å². The lowest BCUT2D eigenvalue weighted by Crippen LogP contribution is -2.38. The van der Waals surface area contributed by atoms with Crippen LogP contribution in [0.15, 0.2) is 48.5 Å². The average molecular weight is 333 g/mol. The van der Waals surface area contributed by atoms with Gasteiger partial charge in [-0.1, -0.05) is 36.1 Å². The predicted molar refractivity (Wildman–Crippen MR) is 92.2 cm³/mol. The van der Waals surface area contributed by atoms with Crippen LogP contribution in [0.5, 0.6) is 0 Å². The van der Waals surface area contributed by atoms with Crippen molar-refractivity contribution in [3.63, 3.8) is 0 Å². The maximum absolute atomic E-state index is 13.0. The van der Waals surface area contributed by atoms with E-state index >= 15 is 0 Å². The van der Waals surface area contributed by atoms with E-state index in [2.05, 4.69) is 11.8 Å². The highest BCUT2D eigenvalue weighted by molar-refractivity contribution is 6.22. The largest absolute Gasteiger partial charge is 0.481 e. The molecule has 0 saturated carbocycles. The molecule has 0 saturated heterocycles. The number of carbonyl (C=O) groups is 3. The van der Waals surface area contributed by atoms with E-state index in [1.54, 1.807) is 48.5 Å². The maximum Gasteiger partial charge on any atom is 0.303 e.